The van der Waals surface area contributed by atoms with Gasteiger partial charge in [-0.15, -0.1) is 0 Å². The lowest BCUT2D eigenvalue weighted by Gasteiger charge is -2.10. The fourth-order valence-electron chi connectivity index (χ4n) is 3.09. The molecular weight excluding hydrogens is 348 g/mol. The maximum absolute atomic E-state index is 12.6. The standard InChI is InChI=1S/C19H22N4O2S/c1-13(2)14-5-9-16(10-6-14)26(24,25)21-12-18-22-17-4-3-11-20-19(17)23(18)15-7-8-15/h3-6,9-11,13,15,21H,7-8,12H2,1-2H3. The molecular formula is C19H22N4O2S. The van der Waals surface area contributed by atoms with Crippen LogP contribution in [0.1, 0.15) is 50.0 Å². The summed E-state index contributed by atoms with van der Waals surface area (Å²) in [7, 11) is -3.58. The van der Waals surface area contributed by atoms with Crippen LogP contribution in [0.2, 0.25) is 0 Å². The summed E-state index contributed by atoms with van der Waals surface area (Å²) >= 11 is 0. The number of benzene rings is 1. The van der Waals surface area contributed by atoms with Gasteiger partial charge in [-0.05, 0) is 48.6 Å². The SMILES string of the molecule is CC(C)c1ccc(S(=O)(=O)NCc2nc3cccnc3n2C2CC2)cc1. The molecule has 0 amide bonds. The van der Waals surface area contributed by atoms with E-state index in [1.807, 2.05) is 24.3 Å². The van der Waals surface area contributed by atoms with Crippen molar-refractivity contribution in [2.24, 2.45) is 0 Å². The van der Waals surface area contributed by atoms with Gasteiger partial charge in [0, 0.05) is 12.2 Å². The number of sulfonamides is 1. The molecule has 7 heteroatoms. The number of aromatic nitrogens is 3. The maximum atomic E-state index is 12.6. The van der Waals surface area contributed by atoms with E-state index in [1.165, 1.54) is 0 Å². The number of fused-ring (bicyclic) bond motifs is 1. The van der Waals surface area contributed by atoms with Gasteiger partial charge in [-0.3, -0.25) is 0 Å². The Morgan fingerprint density at radius 3 is 2.58 bits per heavy atom. The maximum Gasteiger partial charge on any atom is 0.240 e. The molecule has 26 heavy (non-hydrogen) atoms. The summed E-state index contributed by atoms with van der Waals surface area (Å²) in [5.41, 5.74) is 2.74. The Bertz CT molecular complexity index is 1040. The van der Waals surface area contributed by atoms with E-state index in [0.717, 1.165) is 29.6 Å². The fourth-order valence-corrected chi connectivity index (χ4v) is 4.07. The highest BCUT2D eigenvalue weighted by molar-refractivity contribution is 7.89. The molecule has 0 atom stereocenters. The monoisotopic (exact) mass is 370 g/mol. The lowest BCUT2D eigenvalue weighted by atomic mass is 10.0. The van der Waals surface area contributed by atoms with Crippen LogP contribution in [0.15, 0.2) is 47.5 Å². The molecule has 2 aromatic heterocycles. The van der Waals surface area contributed by atoms with Gasteiger partial charge < -0.3 is 4.57 Å². The van der Waals surface area contributed by atoms with Crippen molar-refractivity contribution >= 4 is 21.2 Å². The Hall–Kier alpha value is -2.25. The summed E-state index contributed by atoms with van der Waals surface area (Å²) in [5, 5.41) is 0. The molecule has 1 aliphatic carbocycles. The molecule has 0 saturated heterocycles. The molecule has 0 bridgehead atoms. The molecule has 1 aromatic carbocycles. The first-order valence-electron chi connectivity index (χ1n) is 8.87. The van der Waals surface area contributed by atoms with E-state index in [0.29, 0.717) is 17.8 Å². The third-order valence-corrected chi connectivity index (χ3v) is 6.13. The summed E-state index contributed by atoms with van der Waals surface area (Å²) < 4.78 is 30.0. The largest absolute Gasteiger partial charge is 0.308 e. The Morgan fingerprint density at radius 1 is 1.19 bits per heavy atom. The number of rotatable bonds is 6. The number of nitrogens with zero attached hydrogens (tertiary/aromatic N) is 3. The average molecular weight is 370 g/mol. The Balaban J connectivity index is 1.58. The van der Waals surface area contributed by atoms with Gasteiger partial charge in [-0.25, -0.2) is 23.1 Å². The molecule has 1 saturated carbocycles. The Labute approximate surface area is 153 Å². The van der Waals surface area contributed by atoms with Crippen LogP contribution >= 0.6 is 0 Å². The van der Waals surface area contributed by atoms with Gasteiger partial charge in [0.05, 0.1) is 11.4 Å². The lowest BCUT2D eigenvalue weighted by molar-refractivity contribution is 0.575. The number of pyridine rings is 1. The number of nitrogens with one attached hydrogen (secondary N) is 1. The average Bonchev–Trinajstić information content (AvgIpc) is 3.40. The molecule has 0 spiro atoms. The Morgan fingerprint density at radius 2 is 1.92 bits per heavy atom. The molecule has 0 radical (unpaired) electrons. The highest BCUT2D eigenvalue weighted by Crippen LogP contribution is 2.38. The minimum absolute atomic E-state index is 0.154. The molecule has 136 valence electrons. The van der Waals surface area contributed by atoms with Crippen molar-refractivity contribution in [3.05, 3.63) is 54.0 Å². The summed E-state index contributed by atoms with van der Waals surface area (Å²) in [6, 6.07) is 11.2. The van der Waals surface area contributed by atoms with Gasteiger partial charge in [-0.2, -0.15) is 0 Å². The summed E-state index contributed by atoms with van der Waals surface area (Å²) in [4.78, 5) is 9.27. The minimum Gasteiger partial charge on any atom is -0.308 e. The molecule has 6 nitrogen and oxygen atoms in total. The first-order chi connectivity index (χ1) is 12.5. The van der Waals surface area contributed by atoms with E-state index >= 15 is 0 Å². The zero-order chi connectivity index (χ0) is 18.3. The fraction of sp³-hybridized carbons (Fsp3) is 0.368. The van der Waals surface area contributed by atoms with E-state index < -0.39 is 10.0 Å². The predicted molar refractivity (Wildman–Crippen MR) is 100 cm³/mol. The van der Waals surface area contributed by atoms with E-state index in [4.69, 9.17) is 0 Å². The summed E-state index contributed by atoms with van der Waals surface area (Å²) in [6.45, 7) is 4.32. The molecule has 1 fully saturated rings. The van der Waals surface area contributed by atoms with E-state index in [-0.39, 0.29) is 11.4 Å². The van der Waals surface area contributed by atoms with Crippen LogP contribution in [-0.2, 0) is 16.6 Å². The summed E-state index contributed by atoms with van der Waals surface area (Å²) in [5.74, 6) is 1.08. The van der Waals surface area contributed by atoms with E-state index in [9.17, 15) is 8.42 Å². The number of hydrogen-bond donors (Lipinski definition) is 1. The van der Waals surface area contributed by atoms with Crippen molar-refractivity contribution in [3.63, 3.8) is 0 Å². The molecule has 0 aliphatic heterocycles. The second-order valence-corrected chi connectivity index (χ2v) is 8.79. The summed E-state index contributed by atoms with van der Waals surface area (Å²) in [6.07, 6.45) is 3.91. The third-order valence-electron chi connectivity index (χ3n) is 4.71. The van der Waals surface area contributed by atoms with Crippen molar-refractivity contribution < 1.29 is 8.42 Å². The molecule has 1 aliphatic rings. The minimum atomic E-state index is -3.58. The van der Waals surface area contributed by atoms with Crippen molar-refractivity contribution in [1.82, 2.24) is 19.3 Å². The van der Waals surface area contributed by atoms with Crippen LogP contribution < -0.4 is 4.72 Å². The van der Waals surface area contributed by atoms with Gasteiger partial charge in [0.25, 0.3) is 0 Å². The molecule has 3 aromatic rings. The van der Waals surface area contributed by atoms with Crippen LogP contribution in [0, 0.1) is 0 Å². The van der Waals surface area contributed by atoms with Crippen LogP contribution in [0.5, 0.6) is 0 Å². The molecule has 1 N–H and O–H groups in total. The zero-order valence-corrected chi connectivity index (χ0v) is 15.7. The topological polar surface area (TPSA) is 76.9 Å². The van der Waals surface area contributed by atoms with Crippen molar-refractivity contribution in [3.8, 4) is 0 Å². The van der Waals surface area contributed by atoms with E-state index in [1.54, 1.807) is 18.3 Å². The van der Waals surface area contributed by atoms with Gasteiger partial charge >= 0.3 is 0 Å². The van der Waals surface area contributed by atoms with E-state index in [2.05, 4.69) is 33.1 Å². The van der Waals surface area contributed by atoms with Gasteiger partial charge in [0.1, 0.15) is 11.3 Å². The first kappa shape index (κ1) is 17.2. The van der Waals surface area contributed by atoms with Crippen LogP contribution in [0.3, 0.4) is 0 Å². The van der Waals surface area contributed by atoms with Crippen LogP contribution in [0.25, 0.3) is 11.2 Å². The second-order valence-electron chi connectivity index (χ2n) is 7.02. The highest BCUT2D eigenvalue weighted by atomic mass is 32.2. The van der Waals surface area contributed by atoms with Crippen molar-refractivity contribution in [2.75, 3.05) is 0 Å². The number of imidazole rings is 1. The smallest absolute Gasteiger partial charge is 0.240 e. The quantitative estimate of drug-likeness (QED) is 0.722. The zero-order valence-electron chi connectivity index (χ0n) is 14.9. The number of hydrogen-bond acceptors (Lipinski definition) is 4. The normalized spacial score (nSPS) is 15.0. The van der Waals surface area contributed by atoms with Gasteiger partial charge in [-0.1, -0.05) is 26.0 Å². The third kappa shape index (κ3) is 3.24. The van der Waals surface area contributed by atoms with Crippen molar-refractivity contribution in [2.45, 2.75) is 50.1 Å². The predicted octanol–water partition coefficient (Wildman–Crippen LogP) is 3.37. The van der Waals surface area contributed by atoms with Gasteiger partial charge in [0.2, 0.25) is 10.0 Å². The first-order valence-corrected chi connectivity index (χ1v) is 10.4. The molecule has 2 heterocycles. The second kappa shape index (κ2) is 6.48. The van der Waals surface area contributed by atoms with Crippen LogP contribution in [-0.4, -0.2) is 23.0 Å². The molecule has 4 rings (SSSR count). The van der Waals surface area contributed by atoms with Crippen molar-refractivity contribution in [1.29, 1.82) is 0 Å². The highest BCUT2D eigenvalue weighted by Gasteiger charge is 2.29. The van der Waals surface area contributed by atoms with Crippen LogP contribution in [0.4, 0.5) is 0 Å². The molecule has 0 unspecified atom stereocenters. The Kier molecular flexibility index (Phi) is 4.28. The van der Waals surface area contributed by atoms with Gasteiger partial charge in [0.15, 0.2) is 5.65 Å². The lowest BCUT2D eigenvalue weighted by Crippen LogP contribution is -2.25.